The van der Waals surface area contributed by atoms with E-state index in [-0.39, 0.29) is 0 Å². The van der Waals surface area contributed by atoms with Gasteiger partial charge in [0.2, 0.25) is 0 Å². The monoisotopic (exact) mass is 273 g/mol. The number of rotatable bonds is 5. The molecule has 19 heavy (non-hydrogen) atoms. The van der Waals surface area contributed by atoms with Gasteiger partial charge in [-0.15, -0.1) is 0 Å². The van der Waals surface area contributed by atoms with Crippen molar-refractivity contribution in [1.82, 2.24) is 15.1 Å². The van der Waals surface area contributed by atoms with Crippen LogP contribution < -0.4 is 5.32 Å². The predicted molar refractivity (Wildman–Crippen MR) is 56.9 cm³/mol. The minimum absolute atomic E-state index is 0.586. The number of carboxylic acids is 2. The van der Waals surface area contributed by atoms with Crippen molar-refractivity contribution in [2.45, 2.75) is 6.04 Å². The van der Waals surface area contributed by atoms with Gasteiger partial charge in [0.15, 0.2) is 6.04 Å². The van der Waals surface area contributed by atoms with Gasteiger partial charge in [-0.3, -0.25) is 34.3 Å². The third-order valence-corrected chi connectivity index (χ3v) is 2.39. The van der Waals surface area contributed by atoms with E-state index < -0.39 is 48.9 Å². The van der Waals surface area contributed by atoms with Crippen LogP contribution in [-0.2, 0) is 19.2 Å². The summed E-state index contributed by atoms with van der Waals surface area (Å²) in [5, 5.41) is 19.2. The molecule has 1 aliphatic heterocycles. The number of nitrogens with one attached hydrogen (secondary N) is 1. The van der Waals surface area contributed by atoms with Crippen LogP contribution in [0.5, 0.6) is 0 Å². The van der Waals surface area contributed by atoms with Crippen molar-refractivity contribution in [1.29, 1.82) is 0 Å². The first-order valence-electron chi connectivity index (χ1n) is 5.04. The quantitative estimate of drug-likeness (QED) is 0.467. The molecule has 3 N–H and O–H groups in total. The van der Waals surface area contributed by atoms with Crippen LogP contribution in [0.4, 0.5) is 4.79 Å². The SMILES string of the molecule is CN1C(=O)NC(=O)C(N(CC(=O)O)CC(=O)O)C1=O. The van der Waals surface area contributed by atoms with E-state index in [1.54, 1.807) is 0 Å². The summed E-state index contributed by atoms with van der Waals surface area (Å²) < 4.78 is 0. The molecule has 10 nitrogen and oxygen atoms in total. The minimum atomic E-state index is -1.66. The molecule has 0 bridgehead atoms. The van der Waals surface area contributed by atoms with Gasteiger partial charge in [-0.05, 0) is 0 Å². The summed E-state index contributed by atoms with van der Waals surface area (Å²) in [6.07, 6.45) is 0. The van der Waals surface area contributed by atoms with E-state index in [1.165, 1.54) is 0 Å². The number of aliphatic carboxylic acids is 2. The van der Waals surface area contributed by atoms with Crippen molar-refractivity contribution in [2.24, 2.45) is 0 Å². The van der Waals surface area contributed by atoms with E-state index in [0.717, 1.165) is 7.05 Å². The third-order valence-electron chi connectivity index (χ3n) is 2.39. The smallest absolute Gasteiger partial charge is 0.330 e. The molecule has 1 unspecified atom stereocenters. The van der Waals surface area contributed by atoms with Gasteiger partial charge in [-0.25, -0.2) is 4.79 Å². The van der Waals surface area contributed by atoms with Crippen LogP contribution in [0.25, 0.3) is 0 Å². The van der Waals surface area contributed by atoms with Crippen LogP contribution in [0.3, 0.4) is 0 Å². The van der Waals surface area contributed by atoms with Gasteiger partial charge >= 0.3 is 18.0 Å². The molecule has 0 aromatic heterocycles. The second-order valence-electron chi connectivity index (χ2n) is 3.79. The summed E-state index contributed by atoms with van der Waals surface area (Å²) >= 11 is 0. The third kappa shape index (κ3) is 3.25. The lowest BCUT2D eigenvalue weighted by atomic mass is 10.1. The Labute approximate surface area is 106 Å². The van der Waals surface area contributed by atoms with E-state index in [4.69, 9.17) is 10.2 Å². The molecule has 10 heteroatoms. The van der Waals surface area contributed by atoms with Crippen LogP contribution in [0.2, 0.25) is 0 Å². The highest BCUT2D eigenvalue weighted by Gasteiger charge is 2.43. The molecule has 4 amide bonds. The first-order chi connectivity index (χ1) is 8.73. The zero-order chi connectivity index (χ0) is 14.7. The summed E-state index contributed by atoms with van der Waals surface area (Å²) in [6.45, 7) is -1.64. The van der Waals surface area contributed by atoms with Crippen molar-refractivity contribution in [3.63, 3.8) is 0 Å². The van der Waals surface area contributed by atoms with Gasteiger partial charge in [0.25, 0.3) is 11.8 Å². The Bertz CT molecular complexity index is 445. The number of carboxylic acid groups (broad SMARTS) is 2. The fourth-order valence-corrected chi connectivity index (χ4v) is 1.56. The van der Waals surface area contributed by atoms with Gasteiger partial charge in [0, 0.05) is 7.05 Å². The number of nitrogens with zero attached hydrogens (tertiary/aromatic N) is 2. The van der Waals surface area contributed by atoms with Crippen LogP contribution in [-0.4, -0.2) is 76.0 Å². The van der Waals surface area contributed by atoms with Crippen molar-refractivity contribution >= 4 is 29.8 Å². The molecule has 104 valence electrons. The topological polar surface area (TPSA) is 144 Å². The molecule has 1 atom stereocenters. The molecule has 0 spiro atoms. The minimum Gasteiger partial charge on any atom is -0.480 e. The molecule has 0 aromatic carbocycles. The average Bonchev–Trinajstić information content (AvgIpc) is 2.24. The summed E-state index contributed by atoms with van der Waals surface area (Å²) in [5.41, 5.74) is 0. The number of carbonyl (C=O) groups excluding carboxylic acids is 3. The van der Waals surface area contributed by atoms with Crippen molar-refractivity contribution in [3.05, 3.63) is 0 Å². The Balaban J connectivity index is 3.01. The standard InChI is InChI=1S/C9H11N3O7/c1-11-8(18)6(7(17)10-9(11)19)12(2-4(13)14)3-5(15)16/h6H,2-3H2,1H3,(H,13,14)(H,15,16)(H,10,17,19). The number of hydrogen-bond acceptors (Lipinski definition) is 6. The number of barbiturate groups is 1. The lowest BCUT2D eigenvalue weighted by Crippen LogP contribution is -2.65. The second kappa shape index (κ2) is 5.44. The maximum absolute atomic E-state index is 11.8. The molecule has 0 aromatic rings. The van der Waals surface area contributed by atoms with E-state index >= 15 is 0 Å². The van der Waals surface area contributed by atoms with E-state index in [0.29, 0.717) is 9.80 Å². The van der Waals surface area contributed by atoms with Gasteiger partial charge in [-0.1, -0.05) is 0 Å². The molecule has 0 saturated carbocycles. The Hall–Kier alpha value is -2.49. The van der Waals surface area contributed by atoms with Crippen LogP contribution in [0.15, 0.2) is 0 Å². The average molecular weight is 273 g/mol. The molecule has 0 aliphatic carbocycles. The molecular formula is C9H11N3O7. The Kier molecular flexibility index (Phi) is 4.17. The molecule has 1 heterocycles. The normalized spacial score (nSPS) is 19.6. The number of amides is 4. The zero-order valence-electron chi connectivity index (χ0n) is 9.82. The maximum atomic E-state index is 11.8. The summed E-state index contributed by atoms with van der Waals surface area (Å²) in [5.74, 6) is -4.82. The summed E-state index contributed by atoms with van der Waals surface area (Å²) in [7, 11) is 1.09. The lowest BCUT2D eigenvalue weighted by molar-refractivity contribution is -0.149. The highest BCUT2D eigenvalue weighted by Crippen LogP contribution is 2.09. The van der Waals surface area contributed by atoms with Gasteiger partial charge < -0.3 is 10.2 Å². The fourth-order valence-electron chi connectivity index (χ4n) is 1.56. The molecular weight excluding hydrogens is 262 g/mol. The second-order valence-corrected chi connectivity index (χ2v) is 3.79. The van der Waals surface area contributed by atoms with Crippen LogP contribution in [0, 0.1) is 0 Å². The Morgan fingerprint density at radius 2 is 1.68 bits per heavy atom. The van der Waals surface area contributed by atoms with E-state index in [9.17, 15) is 24.0 Å². The van der Waals surface area contributed by atoms with Crippen molar-refractivity contribution < 1.29 is 34.2 Å². The van der Waals surface area contributed by atoms with E-state index in [1.807, 2.05) is 5.32 Å². The van der Waals surface area contributed by atoms with Gasteiger partial charge in [-0.2, -0.15) is 0 Å². The molecule has 1 aliphatic rings. The maximum Gasteiger partial charge on any atom is 0.330 e. The van der Waals surface area contributed by atoms with Gasteiger partial charge in [0.1, 0.15) is 0 Å². The summed E-state index contributed by atoms with van der Waals surface area (Å²) in [6, 6.07) is -2.60. The predicted octanol–water partition coefficient (Wildman–Crippen LogP) is -2.47. The van der Waals surface area contributed by atoms with Crippen LogP contribution >= 0.6 is 0 Å². The fraction of sp³-hybridized carbons (Fsp3) is 0.444. The number of imide groups is 2. The highest BCUT2D eigenvalue weighted by atomic mass is 16.4. The molecule has 1 saturated heterocycles. The molecule has 1 fully saturated rings. The number of urea groups is 1. The Morgan fingerprint density at radius 1 is 1.21 bits per heavy atom. The number of carbonyl (C=O) groups is 5. The lowest BCUT2D eigenvalue weighted by Gasteiger charge is -2.33. The van der Waals surface area contributed by atoms with Gasteiger partial charge in [0.05, 0.1) is 13.1 Å². The molecule has 0 radical (unpaired) electrons. The number of likely N-dealkylation sites (N-methyl/N-ethyl adjacent to an activating group) is 1. The first-order valence-corrected chi connectivity index (χ1v) is 5.04. The first kappa shape index (κ1) is 14.6. The van der Waals surface area contributed by atoms with Crippen molar-refractivity contribution in [3.8, 4) is 0 Å². The highest BCUT2D eigenvalue weighted by molar-refractivity contribution is 6.18. The zero-order valence-corrected chi connectivity index (χ0v) is 9.82. The molecule has 1 rings (SSSR count). The largest absolute Gasteiger partial charge is 0.480 e. The number of hydrogen-bond donors (Lipinski definition) is 3. The van der Waals surface area contributed by atoms with Crippen molar-refractivity contribution in [2.75, 3.05) is 20.1 Å². The van der Waals surface area contributed by atoms with Crippen LogP contribution in [0.1, 0.15) is 0 Å². The Morgan fingerprint density at radius 3 is 2.11 bits per heavy atom. The van der Waals surface area contributed by atoms with E-state index in [2.05, 4.69) is 0 Å². The summed E-state index contributed by atoms with van der Waals surface area (Å²) in [4.78, 5) is 57.0.